The van der Waals surface area contributed by atoms with Crippen LogP contribution in [0, 0.1) is 0 Å². The lowest BCUT2D eigenvalue weighted by atomic mass is 10.2. The molecule has 126 valence electrons. The number of carbonyl (C=O) groups is 1. The molecule has 1 amide bonds. The molecule has 0 radical (unpaired) electrons. The highest BCUT2D eigenvalue weighted by Gasteiger charge is 2.31. The van der Waals surface area contributed by atoms with Crippen LogP contribution < -0.4 is 15.8 Å². The number of alkyl carbamates (subject to hydrolysis) is 1. The smallest absolute Gasteiger partial charge is 0.407 e. The van der Waals surface area contributed by atoms with Gasteiger partial charge < -0.3 is 15.0 Å². The number of rotatable bonds is 3. The van der Waals surface area contributed by atoms with Gasteiger partial charge >= 0.3 is 6.09 Å². The summed E-state index contributed by atoms with van der Waals surface area (Å²) in [5.41, 5.74) is 0.0584. The molecule has 2 aliphatic rings. The van der Waals surface area contributed by atoms with Crippen molar-refractivity contribution < 1.29 is 13.9 Å². The molecule has 9 heteroatoms. The van der Waals surface area contributed by atoms with Crippen molar-refractivity contribution >= 4 is 23.4 Å². The highest BCUT2D eigenvalue weighted by Crippen LogP contribution is 2.26. The van der Waals surface area contributed by atoms with Crippen molar-refractivity contribution in [2.24, 2.45) is 0 Å². The fourth-order valence-electron chi connectivity index (χ4n) is 3.05. The van der Waals surface area contributed by atoms with Gasteiger partial charge in [-0.1, -0.05) is 11.6 Å². The number of ether oxygens (including phenoxy) is 1. The van der Waals surface area contributed by atoms with E-state index in [-0.39, 0.29) is 11.1 Å². The zero-order valence-corrected chi connectivity index (χ0v) is 13.2. The number of carbonyl (C=O) groups excluding carboxylic acids is 1. The lowest BCUT2D eigenvalue weighted by Crippen LogP contribution is -2.40. The SMILES string of the molecule is O=C(N[C@@H]1CCC[C@H]1F)O[C@@H]1CCN(c2cn[nH]c(=O)c2Cl)C1. The molecule has 7 nitrogen and oxygen atoms in total. The van der Waals surface area contributed by atoms with Crippen LogP contribution in [-0.4, -0.2) is 47.7 Å². The van der Waals surface area contributed by atoms with Gasteiger partial charge in [-0.15, -0.1) is 0 Å². The zero-order chi connectivity index (χ0) is 16.4. The van der Waals surface area contributed by atoms with Crippen LogP contribution in [-0.2, 0) is 4.74 Å². The third-order valence-electron chi connectivity index (χ3n) is 4.27. The van der Waals surface area contributed by atoms with E-state index in [2.05, 4.69) is 15.5 Å². The Morgan fingerprint density at radius 3 is 3.04 bits per heavy atom. The van der Waals surface area contributed by atoms with Gasteiger partial charge in [0.15, 0.2) is 0 Å². The number of hydrogen-bond acceptors (Lipinski definition) is 5. The van der Waals surface area contributed by atoms with E-state index in [0.29, 0.717) is 38.0 Å². The second kappa shape index (κ2) is 6.74. The van der Waals surface area contributed by atoms with Crippen molar-refractivity contribution in [2.75, 3.05) is 18.0 Å². The summed E-state index contributed by atoms with van der Waals surface area (Å²) in [4.78, 5) is 25.2. The summed E-state index contributed by atoms with van der Waals surface area (Å²) in [7, 11) is 0. The zero-order valence-electron chi connectivity index (χ0n) is 12.4. The fraction of sp³-hybridized carbons (Fsp3) is 0.643. The van der Waals surface area contributed by atoms with Gasteiger partial charge in [0.05, 0.1) is 24.5 Å². The van der Waals surface area contributed by atoms with Gasteiger partial charge in [0.25, 0.3) is 5.56 Å². The number of hydrogen-bond donors (Lipinski definition) is 2. The third kappa shape index (κ3) is 3.57. The minimum atomic E-state index is -0.997. The molecular formula is C14H18ClFN4O3. The average Bonchev–Trinajstić information content (AvgIpc) is 3.12. The van der Waals surface area contributed by atoms with Crippen molar-refractivity contribution in [3.05, 3.63) is 21.6 Å². The van der Waals surface area contributed by atoms with Crippen LogP contribution in [0.2, 0.25) is 5.02 Å². The Morgan fingerprint density at radius 2 is 2.30 bits per heavy atom. The molecule has 0 unspecified atom stereocenters. The van der Waals surface area contributed by atoms with E-state index in [4.69, 9.17) is 16.3 Å². The first-order valence-electron chi connectivity index (χ1n) is 7.64. The average molecular weight is 345 g/mol. The molecule has 0 spiro atoms. The van der Waals surface area contributed by atoms with E-state index in [1.807, 2.05) is 4.90 Å². The molecule has 2 fully saturated rings. The first-order valence-corrected chi connectivity index (χ1v) is 8.01. The predicted molar refractivity (Wildman–Crippen MR) is 82.6 cm³/mol. The Hall–Kier alpha value is -1.83. The lowest BCUT2D eigenvalue weighted by molar-refractivity contribution is 0.101. The van der Waals surface area contributed by atoms with Crippen LogP contribution in [0.3, 0.4) is 0 Å². The summed E-state index contributed by atoms with van der Waals surface area (Å²) in [6, 6.07) is -0.452. The van der Waals surface area contributed by atoms with Gasteiger partial charge in [0.2, 0.25) is 0 Å². The third-order valence-corrected chi connectivity index (χ3v) is 4.64. The van der Waals surface area contributed by atoms with Gasteiger partial charge in [0.1, 0.15) is 17.3 Å². The molecule has 1 aliphatic carbocycles. The molecule has 0 aromatic carbocycles. The van der Waals surface area contributed by atoms with Crippen LogP contribution in [0.4, 0.5) is 14.9 Å². The van der Waals surface area contributed by atoms with E-state index >= 15 is 0 Å². The number of nitrogens with zero attached hydrogens (tertiary/aromatic N) is 2. The Morgan fingerprint density at radius 1 is 1.48 bits per heavy atom. The number of alkyl halides is 1. The Bertz CT molecular complexity index is 641. The van der Waals surface area contributed by atoms with E-state index in [1.54, 1.807) is 0 Å². The first-order chi connectivity index (χ1) is 11.0. The standard InChI is InChI=1S/C14H18ClFN4O3/c15-12-11(6-17-19-13(12)21)20-5-4-8(7-20)23-14(22)18-10-3-1-2-9(10)16/h6,8-10H,1-5,7H2,(H,18,22)(H,19,21)/t8-,9-,10-/m1/s1. The molecule has 1 saturated carbocycles. The molecule has 1 aliphatic heterocycles. The normalized spacial score (nSPS) is 27.2. The second-order valence-corrected chi connectivity index (χ2v) is 6.24. The monoisotopic (exact) mass is 344 g/mol. The largest absolute Gasteiger partial charge is 0.444 e. The Kier molecular flexibility index (Phi) is 4.70. The maximum atomic E-state index is 13.5. The number of halogens is 2. The second-order valence-electron chi connectivity index (χ2n) is 5.86. The number of H-pyrrole nitrogens is 1. The van der Waals surface area contributed by atoms with E-state index in [1.165, 1.54) is 6.20 Å². The summed E-state index contributed by atoms with van der Waals surface area (Å²) in [5, 5.41) is 8.63. The summed E-state index contributed by atoms with van der Waals surface area (Å²) in [6.45, 7) is 1.01. The molecule has 1 aromatic heterocycles. The highest BCUT2D eigenvalue weighted by molar-refractivity contribution is 6.33. The van der Waals surface area contributed by atoms with Gasteiger partial charge in [-0.25, -0.2) is 14.3 Å². The first kappa shape index (κ1) is 16.0. The molecule has 1 saturated heterocycles. The quantitative estimate of drug-likeness (QED) is 0.870. The summed E-state index contributed by atoms with van der Waals surface area (Å²) < 4.78 is 18.8. The van der Waals surface area contributed by atoms with Gasteiger partial charge in [-0.2, -0.15) is 5.10 Å². The molecule has 23 heavy (non-hydrogen) atoms. The number of nitrogens with one attached hydrogen (secondary N) is 2. The highest BCUT2D eigenvalue weighted by atomic mass is 35.5. The van der Waals surface area contributed by atoms with Crippen molar-refractivity contribution in [1.29, 1.82) is 0 Å². The van der Waals surface area contributed by atoms with Gasteiger partial charge in [-0.05, 0) is 19.3 Å². The Balaban J connectivity index is 1.54. The summed E-state index contributed by atoms with van der Waals surface area (Å²) >= 11 is 5.97. The van der Waals surface area contributed by atoms with E-state index < -0.39 is 23.9 Å². The molecule has 3 rings (SSSR count). The number of aromatic amines is 1. The summed E-state index contributed by atoms with van der Waals surface area (Å²) in [6.07, 6.45) is 2.06. The van der Waals surface area contributed by atoms with Crippen LogP contribution in [0.25, 0.3) is 0 Å². The van der Waals surface area contributed by atoms with Gasteiger partial charge in [0, 0.05) is 13.0 Å². The van der Waals surface area contributed by atoms with Crippen molar-refractivity contribution in [2.45, 2.75) is 44.0 Å². The predicted octanol–water partition coefficient (Wildman–Crippen LogP) is 1.62. The number of aromatic nitrogens is 2. The molecule has 3 atom stereocenters. The van der Waals surface area contributed by atoms with Gasteiger partial charge in [-0.3, -0.25) is 4.79 Å². The molecule has 2 N–H and O–H groups in total. The van der Waals surface area contributed by atoms with Crippen LogP contribution in [0.15, 0.2) is 11.0 Å². The van der Waals surface area contributed by atoms with Crippen LogP contribution >= 0.6 is 11.6 Å². The minimum absolute atomic E-state index is 0.0660. The summed E-state index contributed by atoms with van der Waals surface area (Å²) in [5.74, 6) is 0. The maximum Gasteiger partial charge on any atom is 0.407 e. The molecular weight excluding hydrogens is 327 g/mol. The molecule has 1 aromatic rings. The van der Waals surface area contributed by atoms with E-state index in [9.17, 15) is 14.0 Å². The Labute approximate surface area is 137 Å². The minimum Gasteiger partial charge on any atom is -0.444 e. The number of anilines is 1. The number of amides is 1. The lowest BCUT2D eigenvalue weighted by Gasteiger charge is -2.20. The van der Waals surface area contributed by atoms with Crippen molar-refractivity contribution in [3.8, 4) is 0 Å². The van der Waals surface area contributed by atoms with Crippen molar-refractivity contribution in [1.82, 2.24) is 15.5 Å². The fourth-order valence-corrected chi connectivity index (χ4v) is 3.26. The van der Waals surface area contributed by atoms with Crippen LogP contribution in [0.1, 0.15) is 25.7 Å². The molecule has 2 heterocycles. The van der Waals surface area contributed by atoms with Crippen LogP contribution in [0.5, 0.6) is 0 Å². The topological polar surface area (TPSA) is 87.3 Å². The maximum absolute atomic E-state index is 13.5. The molecule has 0 bridgehead atoms. The van der Waals surface area contributed by atoms with E-state index in [0.717, 1.165) is 6.42 Å². The van der Waals surface area contributed by atoms with Crippen molar-refractivity contribution in [3.63, 3.8) is 0 Å².